The van der Waals surface area contributed by atoms with Gasteiger partial charge in [0.15, 0.2) is 0 Å². The van der Waals surface area contributed by atoms with Crippen molar-refractivity contribution in [2.75, 3.05) is 0 Å². The van der Waals surface area contributed by atoms with Gasteiger partial charge >= 0.3 is 5.97 Å². The van der Waals surface area contributed by atoms with Crippen LogP contribution in [0.15, 0.2) is 24.3 Å². The number of hydrogen-bond acceptors (Lipinski definition) is 3. The highest BCUT2D eigenvalue weighted by atomic mass is 16.4. The van der Waals surface area contributed by atoms with E-state index in [9.17, 15) is 15.0 Å². The van der Waals surface area contributed by atoms with Gasteiger partial charge in [-0.15, -0.1) is 0 Å². The average Bonchev–Trinajstić information content (AvgIpc) is 2.89. The lowest BCUT2D eigenvalue weighted by Crippen LogP contribution is -2.32. The number of phenolic OH excluding ortho intramolecular Hbond substituents is 1. The van der Waals surface area contributed by atoms with Crippen LogP contribution in [-0.4, -0.2) is 28.3 Å². The van der Waals surface area contributed by atoms with E-state index in [4.69, 9.17) is 0 Å². The monoisotopic (exact) mass is 233 g/mol. The molecule has 2 aliphatic rings. The second-order valence-electron chi connectivity index (χ2n) is 4.91. The summed E-state index contributed by atoms with van der Waals surface area (Å²) in [5, 5.41) is 22.6. The summed E-state index contributed by atoms with van der Waals surface area (Å²) in [5.74, 6) is -1.08. The minimum Gasteiger partial charge on any atom is -0.508 e. The number of rotatable bonds is 2. The third-order valence-electron chi connectivity index (χ3n) is 4.05. The van der Waals surface area contributed by atoms with Crippen molar-refractivity contribution < 1.29 is 15.0 Å². The number of hydrogen-bond donors (Lipinski definition) is 3. The molecular formula is C13H15NO3. The summed E-state index contributed by atoms with van der Waals surface area (Å²) in [5.41, 5.74) is 0.764. The number of nitrogens with one attached hydrogen (secondary N) is 1. The van der Waals surface area contributed by atoms with Crippen molar-refractivity contribution in [2.24, 2.45) is 5.92 Å². The lowest BCUT2D eigenvalue weighted by atomic mass is 9.75. The number of aliphatic carboxylic acids is 1. The zero-order valence-corrected chi connectivity index (χ0v) is 9.34. The maximum Gasteiger partial charge on any atom is 0.308 e. The predicted molar refractivity (Wildman–Crippen MR) is 61.9 cm³/mol. The van der Waals surface area contributed by atoms with Crippen molar-refractivity contribution in [2.45, 2.75) is 30.8 Å². The molecular weight excluding hydrogens is 218 g/mol. The van der Waals surface area contributed by atoms with Gasteiger partial charge in [-0.1, -0.05) is 18.2 Å². The smallest absolute Gasteiger partial charge is 0.308 e. The van der Waals surface area contributed by atoms with Crippen molar-refractivity contribution in [3.8, 4) is 5.75 Å². The van der Waals surface area contributed by atoms with Gasteiger partial charge in [-0.2, -0.15) is 0 Å². The van der Waals surface area contributed by atoms with Crippen LogP contribution >= 0.6 is 0 Å². The van der Waals surface area contributed by atoms with Crippen LogP contribution in [0.4, 0.5) is 0 Å². The van der Waals surface area contributed by atoms with E-state index in [0.717, 1.165) is 18.4 Å². The first-order valence-corrected chi connectivity index (χ1v) is 5.95. The highest BCUT2D eigenvalue weighted by Gasteiger charge is 2.51. The molecule has 2 heterocycles. The molecule has 0 saturated carbocycles. The number of carboxylic acid groups (broad SMARTS) is 1. The van der Waals surface area contributed by atoms with Gasteiger partial charge in [0, 0.05) is 18.0 Å². The molecule has 0 amide bonds. The zero-order valence-electron chi connectivity index (χ0n) is 9.34. The number of carboxylic acids is 1. The van der Waals surface area contributed by atoms with E-state index in [-0.39, 0.29) is 23.8 Å². The Balaban J connectivity index is 2.02. The molecule has 2 saturated heterocycles. The molecule has 2 aliphatic heterocycles. The van der Waals surface area contributed by atoms with Crippen LogP contribution in [0.3, 0.4) is 0 Å². The molecule has 0 aromatic heterocycles. The normalized spacial score (nSPS) is 35.1. The van der Waals surface area contributed by atoms with E-state index in [0.29, 0.717) is 0 Å². The van der Waals surface area contributed by atoms with Gasteiger partial charge < -0.3 is 15.5 Å². The molecule has 0 spiro atoms. The van der Waals surface area contributed by atoms with E-state index < -0.39 is 11.9 Å². The Bertz CT molecular complexity index is 460. The standard InChI is InChI=1S/C13H15NO3/c15-10-4-2-1-3-7(10)11-8-5-6-9(14-8)12(11)13(16)17/h1-4,8-9,11-12,14-15H,5-6H2,(H,16,17). The third-order valence-corrected chi connectivity index (χ3v) is 4.05. The average molecular weight is 233 g/mol. The number of fused-ring (bicyclic) bond motifs is 2. The molecule has 3 rings (SSSR count). The van der Waals surface area contributed by atoms with Crippen LogP contribution in [0.1, 0.15) is 24.3 Å². The number of para-hydroxylation sites is 1. The number of phenols is 1. The first-order chi connectivity index (χ1) is 8.18. The largest absolute Gasteiger partial charge is 0.508 e. The van der Waals surface area contributed by atoms with Gasteiger partial charge in [-0.25, -0.2) is 0 Å². The minimum absolute atomic E-state index is 0.0575. The Morgan fingerprint density at radius 3 is 2.65 bits per heavy atom. The van der Waals surface area contributed by atoms with Crippen LogP contribution in [0.25, 0.3) is 0 Å². The summed E-state index contributed by atoms with van der Waals surface area (Å²) < 4.78 is 0. The molecule has 0 aliphatic carbocycles. The summed E-state index contributed by atoms with van der Waals surface area (Å²) >= 11 is 0. The van der Waals surface area contributed by atoms with Gasteiger partial charge in [0.1, 0.15) is 5.75 Å². The fraction of sp³-hybridized carbons (Fsp3) is 0.462. The molecule has 17 heavy (non-hydrogen) atoms. The molecule has 90 valence electrons. The van der Waals surface area contributed by atoms with Crippen LogP contribution in [-0.2, 0) is 4.79 Å². The highest BCUT2D eigenvalue weighted by Crippen LogP contribution is 2.46. The predicted octanol–water partition coefficient (Wildman–Crippen LogP) is 1.31. The molecule has 1 aromatic carbocycles. The Morgan fingerprint density at radius 1 is 1.24 bits per heavy atom. The number of benzene rings is 1. The van der Waals surface area contributed by atoms with Crippen LogP contribution in [0, 0.1) is 5.92 Å². The molecule has 2 bridgehead atoms. The Kier molecular flexibility index (Phi) is 2.33. The molecule has 0 radical (unpaired) electrons. The SMILES string of the molecule is O=C(O)C1C2CCC(N2)C1c1ccccc1O. The van der Waals surface area contributed by atoms with E-state index in [1.54, 1.807) is 12.1 Å². The van der Waals surface area contributed by atoms with Gasteiger partial charge in [-0.05, 0) is 24.5 Å². The van der Waals surface area contributed by atoms with Crippen molar-refractivity contribution in [3.63, 3.8) is 0 Å². The van der Waals surface area contributed by atoms with Crippen molar-refractivity contribution >= 4 is 5.97 Å². The number of aromatic hydroxyl groups is 1. The van der Waals surface area contributed by atoms with Gasteiger partial charge in [0.05, 0.1) is 5.92 Å². The molecule has 4 atom stereocenters. The van der Waals surface area contributed by atoms with Gasteiger partial charge in [0.2, 0.25) is 0 Å². The van der Waals surface area contributed by atoms with E-state index in [1.165, 1.54) is 0 Å². The maximum absolute atomic E-state index is 11.4. The second kappa shape index (κ2) is 3.74. The van der Waals surface area contributed by atoms with Crippen LogP contribution in [0.2, 0.25) is 0 Å². The molecule has 4 unspecified atom stereocenters. The van der Waals surface area contributed by atoms with Crippen LogP contribution < -0.4 is 5.32 Å². The minimum atomic E-state index is -0.766. The fourth-order valence-corrected chi connectivity index (χ4v) is 3.37. The molecule has 1 aromatic rings. The lowest BCUT2D eigenvalue weighted by molar-refractivity contribution is -0.142. The Hall–Kier alpha value is -1.55. The summed E-state index contributed by atoms with van der Waals surface area (Å²) in [7, 11) is 0. The second-order valence-corrected chi connectivity index (χ2v) is 4.91. The molecule has 3 N–H and O–H groups in total. The summed E-state index contributed by atoms with van der Waals surface area (Å²) in [6.07, 6.45) is 1.92. The summed E-state index contributed by atoms with van der Waals surface area (Å²) in [6, 6.07) is 7.31. The van der Waals surface area contributed by atoms with Crippen molar-refractivity contribution in [1.29, 1.82) is 0 Å². The van der Waals surface area contributed by atoms with Crippen LogP contribution in [0.5, 0.6) is 5.75 Å². The van der Waals surface area contributed by atoms with E-state index in [2.05, 4.69) is 5.32 Å². The Morgan fingerprint density at radius 2 is 1.94 bits per heavy atom. The van der Waals surface area contributed by atoms with E-state index >= 15 is 0 Å². The quantitative estimate of drug-likeness (QED) is 0.720. The molecule has 4 nitrogen and oxygen atoms in total. The summed E-state index contributed by atoms with van der Waals surface area (Å²) in [4.78, 5) is 11.4. The highest BCUT2D eigenvalue weighted by molar-refractivity contribution is 5.74. The van der Waals surface area contributed by atoms with Crippen molar-refractivity contribution in [1.82, 2.24) is 5.32 Å². The molecule has 2 fully saturated rings. The first-order valence-electron chi connectivity index (χ1n) is 5.95. The third kappa shape index (κ3) is 1.52. The van der Waals surface area contributed by atoms with Crippen molar-refractivity contribution in [3.05, 3.63) is 29.8 Å². The number of carbonyl (C=O) groups is 1. The van der Waals surface area contributed by atoms with E-state index in [1.807, 2.05) is 12.1 Å². The summed E-state index contributed by atoms with van der Waals surface area (Å²) in [6.45, 7) is 0. The van der Waals surface area contributed by atoms with Gasteiger partial charge in [0.25, 0.3) is 0 Å². The first kappa shape index (κ1) is 10.6. The fourth-order valence-electron chi connectivity index (χ4n) is 3.37. The topological polar surface area (TPSA) is 69.6 Å². The zero-order chi connectivity index (χ0) is 12.0. The van der Waals surface area contributed by atoms with Gasteiger partial charge in [-0.3, -0.25) is 4.79 Å². The Labute approximate surface area is 99.3 Å². The molecule has 4 heteroatoms. The lowest BCUT2D eigenvalue weighted by Gasteiger charge is -2.27. The maximum atomic E-state index is 11.4.